The number of carbonyl (C=O) groups excluding carboxylic acids is 1. The molecule has 0 radical (unpaired) electrons. The number of hydrogen-bond acceptors (Lipinski definition) is 4. The number of halogens is 1. The van der Waals surface area contributed by atoms with Crippen molar-refractivity contribution in [3.63, 3.8) is 0 Å². The second-order valence-corrected chi connectivity index (χ2v) is 6.02. The maximum Gasteiger partial charge on any atom is 0.239 e. The average Bonchev–Trinajstić information content (AvgIpc) is 3.08. The molecule has 0 aliphatic heterocycles. The lowest BCUT2D eigenvalue weighted by atomic mass is 10.2. The molecule has 1 heterocycles. The fourth-order valence-electron chi connectivity index (χ4n) is 1.94. The molecule has 2 saturated carbocycles. The summed E-state index contributed by atoms with van der Waals surface area (Å²) in [7, 11) is 1.58. The van der Waals surface area contributed by atoms with Crippen molar-refractivity contribution < 1.29 is 9.53 Å². The molecule has 16 heavy (non-hydrogen) atoms. The molecule has 4 nitrogen and oxygen atoms in total. The normalized spacial score (nSPS) is 29.5. The van der Waals surface area contributed by atoms with Crippen molar-refractivity contribution in [2.24, 2.45) is 11.3 Å². The van der Waals surface area contributed by atoms with Gasteiger partial charge in [0.2, 0.25) is 11.8 Å². The van der Waals surface area contributed by atoms with Crippen LogP contribution in [0.5, 0.6) is 5.88 Å². The van der Waals surface area contributed by atoms with Crippen molar-refractivity contribution in [2.75, 3.05) is 7.11 Å². The van der Waals surface area contributed by atoms with E-state index in [0.717, 1.165) is 22.2 Å². The van der Waals surface area contributed by atoms with E-state index in [1.165, 1.54) is 11.5 Å². The molecule has 6 heteroatoms. The molecule has 1 amide bonds. The number of ether oxygens (including phenoxy) is 1. The van der Waals surface area contributed by atoms with Crippen LogP contribution in [-0.2, 0) is 11.3 Å². The number of rotatable bonds is 4. The van der Waals surface area contributed by atoms with Crippen LogP contribution in [0.2, 0.25) is 0 Å². The van der Waals surface area contributed by atoms with Gasteiger partial charge in [-0.1, -0.05) is 0 Å². The highest BCUT2D eigenvalue weighted by Gasteiger charge is 2.74. The van der Waals surface area contributed by atoms with Gasteiger partial charge < -0.3 is 10.1 Å². The van der Waals surface area contributed by atoms with Crippen LogP contribution in [-0.4, -0.2) is 17.4 Å². The molecule has 0 aromatic carbocycles. The van der Waals surface area contributed by atoms with E-state index in [1.807, 2.05) is 0 Å². The number of amides is 1. The molecule has 0 saturated heterocycles. The third-order valence-electron chi connectivity index (χ3n) is 3.41. The predicted molar refractivity (Wildman–Crippen MR) is 63.4 cm³/mol. The number of nitrogens with one attached hydrogen (secondary N) is 1. The number of hydrogen-bond donors (Lipinski definition) is 1. The van der Waals surface area contributed by atoms with Gasteiger partial charge >= 0.3 is 0 Å². The average molecular weight is 303 g/mol. The highest BCUT2D eigenvalue weighted by atomic mass is 79.9. The third kappa shape index (κ3) is 1.47. The van der Waals surface area contributed by atoms with Crippen LogP contribution in [0.1, 0.15) is 17.7 Å². The lowest BCUT2D eigenvalue weighted by Gasteiger charge is -2.05. The molecule has 2 aliphatic carbocycles. The van der Waals surface area contributed by atoms with Gasteiger partial charge in [-0.15, -0.1) is 0 Å². The Bertz CT molecular complexity index is 454. The Kier molecular flexibility index (Phi) is 2.26. The summed E-state index contributed by atoms with van der Waals surface area (Å²) in [5, 5.41) is 2.97. The minimum absolute atomic E-state index is 0.0429. The molecule has 0 atom stereocenters. The fraction of sp³-hybridized carbons (Fsp3) is 0.600. The topological polar surface area (TPSA) is 51.2 Å². The quantitative estimate of drug-likeness (QED) is 0.925. The number of aromatic nitrogens is 1. The van der Waals surface area contributed by atoms with Gasteiger partial charge in [0.1, 0.15) is 0 Å². The van der Waals surface area contributed by atoms with Gasteiger partial charge in [-0.25, -0.2) is 0 Å². The molecule has 3 rings (SSSR count). The first kappa shape index (κ1) is 10.5. The Labute approximate surface area is 106 Å². The maximum atomic E-state index is 11.8. The largest absolute Gasteiger partial charge is 0.480 e. The molecular formula is C10H11BrN2O2S. The molecule has 2 aliphatic rings. The molecule has 2 fully saturated rings. The van der Waals surface area contributed by atoms with Crippen molar-refractivity contribution >= 4 is 33.4 Å². The Balaban J connectivity index is 1.61. The van der Waals surface area contributed by atoms with Crippen molar-refractivity contribution in [3.8, 4) is 5.88 Å². The SMILES string of the molecule is COc1nsc(CNC(=O)C23CC2C3)c1Br. The van der Waals surface area contributed by atoms with Crippen LogP contribution in [0.15, 0.2) is 4.47 Å². The molecule has 1 N–H and O–H groups in total. The summed E-state index contributed by atoms with van der Waals surface area (Å²) >= 11 is 4.76. The van der Waals surface area contributed by atoms with Crippen LogP contribution in [0.4, 0.5) is 0 Å². The molecule has 1 aromatic rings. The van der Waals surface area contributed by atoms with Gasteiger partial charge in [0, 0.05) is 0 Å². The highest BCUT2D eigenvalue weighted by molar-refractivity contribution is 9.10. The summed E-state index contributed by atoms with van der Waals surface area (Å²) in [6.07, 6.45) is 2.18. The number of nitrogens with zero attached hydrogens (tertiary/aromatic N) is 1. The second kappa shape index (κ2) is 3.43. The molecule has 1 aromatic heterocycles. The summed E-state index contributed by atoms with van der Waals surface area (Å²) in [5.74, 6) is 1.48. The number of fused-ring (bicyclic) bond motifs is 1. The Hall–Kier alpha value is -0.620. The van der Waals surface area contributed by atoms with Gasteiger partial charge in [-0.05, 0) is 46.2 Å². The zero-order valence-corrected chi connectivity index (χ0v) is 11.2. The third-order valence-corrected chi connectivity index (χ3v) is 5.32. The monoisotopic (exact) mass is 302 g/mol. The van der Waals surface area contributed by atoms with Gasteiger partial charge in [-0.2, -0.15) is 4.37 Å². The minimum atomic E-state index is 0.0429. The van der Waals surface area contributed by atoms with Gasteiger partial charge in [-0.3, -0.25) is 4.79 Å². The highest BCUT2D eigenvalue weighted by Crippen LogP contribution is 2.75. The van der Waals surface area contributed by atoms with Crippen molar-refractivity contribution in [1.82, 2.24) is 9.69 Å². The van der Waals surface area contributed by atoms with E-state index in [1.54, 1.807) is 7.11 Å². The maximum absolute atomic E-state index is 11.8. The number of carbonyl (C=O) groups is 1. The minimum Gasteiger partial charge on any atom is -0.480 e. The lowest BCUT2D eigenvalue weighted by molar-refractivity contribution is -0.124. The van der Waals surface area contributed by atoms with Crippen molar-refractivity contribution in [2.45, 2.75) is 19.4 Å². The molecule has 86 valence electrons. The zero-order chi connectivity index (χ0) is 11.3. The molecule has 0 spiro atoms. The van der Waals surface area contributed by atoms with Crippen LogP contribution in [0.25, 0.3) is 0 Å². The number of methoxy groups -OCH3 is 1. The first-order valence-corrected chi connectivity index (χ1v) is 6.70. The summed E-state index contributed by atoms with van der Waals surface area (Å²) in [6.45, 7) is 0.537. The Morgan fingerprint density at radius 1 is 1.75 bits per heavy atom. The smallest absolute Gasteiger partial charge is 0.239 e. The first-order valence-electron chi connectivity index (χ1n) is 5.14. The van der Waals surface area contributed by atoms with Crippen molar-refractivity contribution in [1.29, 1.82) is 0 Å². The first-order chi connectivity index (χ1) is 7.67. The van der Waals surface area contributed by atoms with Gasteiger partial charge in [0.05, 0.1) is 28.4 Å². The second-order valence-electron chi connectivity index (χ2n) is 4.37. The van der Waals surface area contributed by atoms with E-state index in [2.05, 4.69) is 25.6 Å². The van der Waals surface area contributed by atoms with E-state index in [-0.39, 0.29) is 11.3 Å². The van der Waals surface area contributed by atoms with E-state index in [0.29, 0.717) is 18.3 Å². The lowest BCUT2D eigenvalue weighted by Crippen LogP contribution is -2.27. The van der Waals surface area contributed by atoms with Gasteiger partial charge in [0.15, 0.2) is 0 Å². The Morgan fingerprint density at radius 2 is 2.44 bits per heavy atom. The summed E-state index contributed by atoms with van der Waals surface area (Å²) in [6, 6.07) is 0. The van der Waals surface area contributed by atoms with Gasteiger partial charge in [0.25, 0.3) is 0 Å². The summed E-state index contributed by atoms with van der Waals surface area (Å²) in [4.78, 5) is 12.8. The van der Waals surface area contributed by atoms with Crippen LogP contribution < -0.4 is 10.1 Å². The summed E-state index contributed by atoms with van der Waals surface area (Å²) in [5.41, 5.74) is 0.0429. The van der Waals surface area contributed by atoms with Crippen molar-refractivity contribution in [3.05, 3.63) is 9.35 Å². The van der Waals surface area contributed by atoms with E-state index < -0.39 is 0 Å². The van der Waals surface area contributed by atoms with Crippen LogP contribution >= 0.6 is 27.5 Å². The fourth-order valence-corrected chi connectivity index (χ4v) is 3.33. The molecular weight excluding hydrogens is 292 g/mol. The molecule has 0 bridgehead atoms. The van der Waals surface area contributed by atoms with E-state index in [4.69, 9.17) is 4.74 Å². The van der Waals surface area contributed by atoms with Crippen LogP contribution in [0, 0.1) is 11.3 Å². The molecule has 0 unspecified atom stereocenters. The van der Waals surface area contributed by atoms with E-state index in [9.17, 15) is 4.79 Å². The summed E-state index contributed by atoms with van der Waals surface area (Å²) < 4.78 is 10.0. The standard InChI is InChI=1S/C10H11BrN2O2S/c1-15-8-7(11)6(16-13-8)4-12-9(14)10-2-5(10)3-10/h5H,2-4H2,1H3,(H,12,14). The Morgan fingerprint density at radius 3 is 2.94 bits per heavy atom. The zero-order valence-electron chi connectivity index (χ0n) is 8.75. The van der Waals surface area contributed by atoms with E-state index >= 15 is 0 Å². The van der Waals surface area contributed by atoms with Crippen LogP contribution in [0.3, 0.4) is 0 Å². The predicted octanol–water partition coefficient (Wildman–Crippen LogP) is 1.94.